The molecule has 5 N–H and O–H groups in total. The molecule has 0 spiro atoms. The molecule has 1 aromatic rings. The monoisotopic (exact) mass is 309 g/mol. The van der Waals surface area contributed by atoms with Gasteiger partial charge in [-0.3, -0.25) is 9.59 Å². The second-order valence-corrected chi connectivity index (χ2v) is 6.28. The molecule has 2 amide bonds. The highest BCUT2D eigenvalue weighted by molar-refractivity contribution is 6.34. The summed E-state index contributed by atoms with van der Waals surface area (Å²) in [5.41, 5.74) is 11.3. The topological polar surface area (TPSA) is 98.2 Å². The number of benzene rings is 1. The lowest BCUT2D eigenvalue weighted by molar-refractivity contribution is -0.122. The van der Waals surface area contributed by atoms with Crippen molar-refractivity contribution in [2.45, 2.75) is 38.1 Å². The van der Waals surface area contributed by atoms with Crippen LogP contribution in [0.25, 0.3) is 0 Å². The lowest BCUT2D eigenvalue weighted by Gasteiger charge is -2.35. The minimum absolute atomic E-state index is 0.211. The lowest BCUT2D eigenvalue weighted by Crippen LogP contribution is -2.53. The molecule has 0 radical (unpaired) electrons. The molecule has 0 aliphatic heterocycles. The maximum Gasteiger partial charge on any atom is 0.250 e. The molecule has 6 heteroatoms. The third kappa shape index (κ3) is 3.54. The van der Waals surface area contributed by atoms with Crippen LogP contribution in [0.5, 0.6) is 0 Å². The molecule has 1 fully saturated rings. The zero-order valence-corrected chi connectivity index (χ0v) is 12.7. The van der Waals surface area contributed by atoms with Crippen molar-refractivity contribution in [1.82, 2.24) is 0 Å². The average molecular weight is 310 g/mol. The molecule has 2 rings (SSSR count). The van der Waals surface area contributed by atoms with E-state index in [2.05, 4.69) is 12.2 Å². The van der Waals surface area contributed by atoms with Gasteiger partial charge in [-0.15, -0.1) is 0 Å². The number of rotatable bonds is 3. The molecule has 0 bridgehead atoms. The van der Waals surface area contributed by atoms with E-state index in [-0.39, 0.29) is 16.5 Å². The van der Waals surface area contributed by atoms with Gasteiger partial charge in [0, 0.05) is 5.69 Å². The molecule has 2 atom stereocenters. The van der Waals surface area contributed by atoms with Gasteiger partial charge in [0.05, 0.1) is 16.1 Å². The Morgan fingerprint density at radius 3 is 2.71 bits per heavy atom. The number of nitrogens with two attached hydrogens (primary N) is 2. The Morgan fingerprint density at radius 2 is 2.14 bits per heavy atom. The van der Waals surface area contributed by atoms with Gasteiger partial charge in [0.1, 0.15) is 0 Å². The van der Waals surface area contributed by atoms with Crippen molar-refractivity contribution in [3.63, 3.8) is 0 Å². The average Bonchev–Trinajstić information content (AvgIpc) is 2.37. The molecule has 1 aromatic carbocycles. The van der Waals surface area contributed by atoms with Gasteiger partial charge in [0.2, 0.25) is 11.8 Å². The number of nitrogens with one attached hydrogen (secondary N) is 1. The Balaban J connectivity index is 2.12. The van der Waals surface area contributed by atoms with E-state index < -0.39 is 11.4 Å². The lowest BCUT2D eigenvalue weighted by atomic mass is 9.76. The van der Waals surface area contributed by atoms with E-state index >= 15 is 0 Å². The van der Waals surface area contributed by atoms with Crippen LogP contribution < -0.4 is 16.8 Å². The van der Waals surface area contributed by atoms with Gasteiger partial charge in [-0.05, 0) is 37.0 Å². The summed E-state index contributed by atoms with van der Waals surface area (Å²) in [6, 6.07) is 4.60. The molecule has 1 aliphatic carbocycles. The van der Waals surface area contributed by atoms with Crippen LogP contribution >= 0.6 is 11.6 Å². The van der Waals surface area contributed by atoms with Crippen LogP contribution in [0.3, 0.4) is 0 Å². The van der Waals surface area contributed by atoms with E-state index in [4.69, 9.17) is 23.1 Å². The zero-order valence-electron chi connectivity index (χ0n) is 12.0. The van der Waals surface area contributed by atoms with Crippen LogP contribution in [0.1, 0.15) is 43.0 Å². The SMILES string of the molecule is CC1CCCC(N)(C(=O)Nc2ccc(C(N)=O)c(Cl)c2)C1. The Hall–Kier alpha value is -1.59. The van der Waals surface area contributed by atoms with Crippen molar-refractivity contribution < 1.29 is 9.59 Å². The molecular weight excluding hydrogens is 290 g/mol. The fourth-order valence-corrected chi connectivity index (χ4v) is 3.12. The molecule has 21 heavy (non-hydrogen) atoms. The minimum atomic E-state index is -0.841. The van der Waals surface area contributed by atoms with E-state index in [9.17, 15) is 9.59 Å². The van der Waals surface area contributed by atoms with Gasteiger partial charge in [-0.2, -0.15) is 0 Å². The van der Waals surface area contributed by atoms with Gasteiger partial charge in [0.15, 0.2) is 0 Å². The van der Waals surface area contributed by atoms with Crippen LogP contribution in [0.4, 0.5) is 5.69 Å². The van der Waals surface area contributed by atoms with Crippen molar-refractivity contribution in [1.29, 1.82) is 0 Å². The van der Waals surface area contributed by atoms with Gasteiger partial charge >= 0.3 is 0 Å². The Kier molecular flexibility index (Phi) is 4.54. The second-order valence-electron chi connectivity index (χ2n) is 5.87. The number of primary amides is 1. The third-order valence-electron chi connectivity index (χ3n) is 3.98. The van der Waals surface area contributed by atoms with Crippen LogP contribution in [-0.4, -0.2) is 17.4 Å². The summed E-state index contributed by atoms with van der Waals surface area (Å²) in [5.74, 6) is -0.374. The van der Waals surface area contributed by atoms with E-state index in [1.807, 2.05) is 0 Å². The van der Waals surface area contributed by atoms with Crippen LogP contribution in [-0.2, 0) is 4.79 Å². The van der Waals surface area contributed by atoms with Gasteiger partial charge in [0.25, 0.3) is 0 Å². The van der Waals surface area contributed by atoms with E-state index in [1.54, 1.807) is 6.07 Å². The summed E-state index contributed by atoms with van der Waals surface area (Å²) in [7, 11) is 0. The molecule has 1 aliphatic rings. The summed E-state index contributed by atoms with van der Waals surface area (Å²) in [6.45, 7) is 2.10. The standard InChI is InChI=1S/C15H20ClN3O2/c1-9-3-2-6-15(18,8-9)14(21)19-10-4-5-11(13(17)20)12(16)7-10/h4-5,7,9H,2-3,6,8,18H2,1H3,(H2,17,20)(H,19,21). The Morgan fingerprint density at radius 1 is 1.43 bits per heavy atom. The fraction of sp³-hybridized carbons (Fsp3) is 0.467. The van der Waals surface area contributed by atoms with Gasteiger partial charge < -0.3 is 16.8 Å². The number of hydrogen-bond acceptors (Lipinski definition) is 3. The number of carbonyl (C=O) groups excluding carboxylic acids is 2. The zero-order chi connectivity index (χ0) is 15.6. The van der Waals surface area contributed by atoms with Crippen molar-refractivity contribution in [2.75, 3.05) is 5.32 Å². The van der Waals surface area contributed by atoms with Crippen molar-refractivity contribution >= 4 is 29.1 Å². The van der Waals surface area contributed by atoms with Crippen molar-refractivity contribution in [3.8, 4) is 0 Å². The fourth-order valence-electron chi connectivity index (χ4n) is 2.85. The van der Waals surface area contributed by atoms with Crippen molar-refractivity contribution in [3.05, 3.63) is 28.8 Å². The first-order valence-electron chi connectivity index (χ1n) is 7.01. The smallest absolute Gasteiger partial charge is 0.250 e. The summed E-state index contributed by atoms with van der Waals surface area (Å²) in [5, 5.41) is 2.99. The molecule has 0 heterocycles. The molecule has 1 saturated carbocycles. The maximum atomic E-state index is 12.4. The first-order valence-corrected chi connectivity index (χ1v) is 7.39. The Labute approximate surface area is 129 Å². The highest BCUT2D eigenvalue weighted by Crippen LogP contribution is 2.31. The van der Waals surface area contributed by atoms with E-state index in [1.165, 1.54) is 12.1 Å². The van der Waals surface area contributed by atoms with Gasteiger partial charge in [-0.1, -0.05) is 31.4 Å². The quantitative estimate of drug-likeness (QED) is 0.799. The second kappa shape index (κ2) is 6.03. The highest BCUT2D eigenvalue weighted by Gasteiger charge is 2.37. The first-order chi connectivity index (χ1) is 9.82. The molecular formula is C15H20ClN3O2. The third-order valence-corrected chi connectivity index (χ3v) is 4.29. The molecule has 114 valence electrons. The van der Waals surface area contributed by atoms with Crippen LogP contribution in [0.15, 0.2) is 18.2 Å². The minimum Gasteiger partial charge on any atom is -0.366 e. The van der Waals surface area contributed by atoms with Gasteiger partial charge in [-0.25, -0.2) is 0 Å². The number of hydrogen-bond donors (Lipinski definition) is 3. The number of anilines is 1. The van der Waals surface area contributed by atoms with Crippen molar-refractivity contribution in [2.24, 2.45) is 17.4 Å². The summed E-state index contributed by atoms with van der Waals surface area (Å²) < 4.78 is 0. The molecule has 2 unspecified atom stereocenters. The number of carbonyl (C=O) groups is 2. The highest BCUT2D eigenvalue weighted by atomic mass is 35.5. The maximum absolute atomic E-state index is 12.4. The predicted molar refractivity (Wildman–Crippen MR) is 83.2 cm³/mol. The number of halogens is 1. The van der Waals surface area contributed by atoms with Crippen LogP contribution in [0.2, 0.25) is 5.02 Å². The normalized spacial score (nSPS) is 25.4. The predicted octanol–water partition coefficient (Wildman–Crippen LogP) is 2.29. The molecule has 5 nitrogen and oxygen atoms in total. The largest absolute Gasteiger partial charge is 0.366 e. The Bertz CT molecular complexity index is 576. The molecule has 0 saturated heterocycles. The van der Waals surface area contributed by atoms with E-state index in [0.29, 0.717) is 24.4 Å². The summed E-state index contributed by atoms with van der Waals surface area (Å²) in [6.07, 6.45) is 3.40. The summed E-state index contributed by atoms with van der Waals surface area (Å²) >= 11 is 5.97. The first kappa shape index (κ1) is 15.8. The number of amides is 2. The van der Waals surface area contributed by atoms with E-state index in [0.717, 1.165) is 12.8 Å². The summed E-state index contributed by atoms with van der Waals surface area (Å²) in [4.78, 5) is 23.5. The molecule has 0 aromatic heterocycles. The van der Waals surface area contributed by atoms with Crippen LogP contribution in [0, 0.1) is 5.92 Å².